The molecule has 0 bridgehead atoms. The Hall–Kier alpha value is -2.85. The van der Waals surface area contributed by atoms with Gasteiger partial charge in [0.1, 0.15) is 5.75 Å². The fourth-order valence-corrected chi connectivity index (χ4v) is 4.44. The second-order valence-electron chi connectivity index (χ2n) is 5.67. The van der Waals surface area contributed by atoms with Gasteiger partial charge in [0.15, 0.2) is 9.84 Å². The third kappa shape index (κ3) is 4.41. The molecule has 7 heteroatoms. The van der Waals surface area contributed by atoms with Crippen LogP contribution in [0.1, 0.15) is 23.7 Å². The average Bonchev–Trinajstić information content (AvgIpc) is 2.65. The quantitative estimate of drug-likeness (QED) is 0.715. The summed E-state index contributed by atoms with van der Waals surface area (Å²) in [6, 6.07) is 9.20. The topological polar surface area (TPSA) is 93.6 Å². The van der Waals surface area contributed by atoms with E-state index in [9.17, 15) is 18.3 Å². The molecular formula is C19H19NO5S. The van der Waals surface area contributed by atoms with Gasteiger partial charge in [-0.1, -0.05) is 6.07 Å². The Bertz CT molecular complexity index is 886. The summed E-state index contributed by atoms with van der Waals surface area (Å²) in [7, 11) is -2.37. The molecule has 1 heterocycles. The standard InChI is InChI=1S/C19H19NO5S/c1-3-5-14(19(21)22)12-18(15-6-4-11-20-13-15)26(23,24)17-9-7-16(25-2)8-10-17/h1,4,6-11,13-14,18H,5,12H2,2H3,(H,21,22). The molecule has 2 rings (SSSR count). The van der Waals surface area contributed by atoms with Gasteiger partial charge in [0, 0.05) is 18.8 Å². The van der Waals surface area contributed by atoms with Crippen LogP contribution in [0.5, 0.6) is 5.75 Å². The van der Waals surface area contributed by atoms with E-state index in [0.29, 0.717) is 11.3 Å². The first-order valence-electron chi connectivity index (χ1n) is 7.84. The lowest BCUT2D eigenvalue weighted by atomic mass is 9.97. The van der Waals surface area contributed by atoms with Crippen LogP contribution < -0.4 is 4.74 Å². The van der Waals surface area contributed by atoms with Crippen LogP contribution in [0.4, 0.5) is 0 Å². The van der Waals surface area contributed by atoms with Crippen molar-refractivity contribution in [1.29, 1.82) is 0 Å². The van der Waals surface area contributed by atoms with Crippen molar-refractivity contribution < 1.29 is 23.1 Å². The second-order valence-corrected chi connectivity index (χ2v) is 7.81. The monoisotopic (exact) mass is 373 g/mol. The van der Waals surface area contributed by atoms with Gasteiger partial charge in [-0.3, -0.25) is 9.78 Å². The minimum absolute atomic E-state index is 0.0514. The molecule has 26 heavy (non-hydrogen) atoms. The molecule has 0 radical (unpaired) electrons. The van der Waals surface area contributed by atoms with Crippen LogP contribution in [0.2, 0.25) is 0 Å². The van der Waals surface area contributed by atoms with Crippen LogP contribution in [0.3, 0.4) is 0 Å². The van der Waals surface area contributed by atoms with Gasteiger partial charge in [-0.05, 0) is 42.3 Å². The number of nitrogens with zero attached hydrogens (tertiary/aromatic N) is 1. The maximum absolute atomic E-state index is 13.2. The summed E-state index contributed by atoms with van der Waals surface area (Å²) in [5.74, 6) is 0.733. The highest BCUT2D eigenvalue weighted by molar-refractivity contribution is 7.91. The predicted molar refractivity (Wildman–Crippen MR) is 96.4 cm³/mol. The van der Waals surface area contributed by atoms with Crippen molar-refractivity contribution in [2.45, 2.75) is 23.0 Å². The first-order chi connectivity index (χ1) is 12.4. The number of carbonyl (C=O) groups is 1. The number of hydrogen-bond acceptors (Lipinski definition) is 5. The lowest BCUT2D eigenvalue weighted by Crippen LogP contribution is -2.22. The zero-order chi connectivity index (χ0) is 19.2. The van der Waals surface area contributed by atoms with E-state index < -0.39 is 27.0 Å². The summed E-state index contributed by atoms with van der Waals surface area (Å²) in [5, 5.41) is 8.31. The zero-order valence-electron chi connectivity index (χ0n) is 14.2. The number of aliphatic carboxylic acids is 1. The molecule has 0 fully saturated rings. The van der Waals surface area contributed by atoms with Crippen molar-refractivity contribution in [3.05, 3.63) is 54.4 Å². The Labute approximate surface area is 152 Å². The Balaban J connectivity index is 2.48. The summed E-state index contributed by atoms with van der Waals surface area (Å²) < 4.78 is 31.4. The van der Waals surface area contributed by atoms with Gasteiger partial charge in [0.2, 0.25) is 0 Å². The fraction of sp³-hybridized carbons (Fsp3) is 0.263. The van der Waals surface area contributed by atoms with Gasteiger partial charge < -0.3 is 9.84 Å². The molecule has 0 spiro atoms. The molecule has 136 valence electrons. The van der Waals surface area contributed by atoms with Crippen molar-refractivity contribution in [3.8, 4) is 18.1 Å². The number of pyridine rings is 1. The van der Waals surface area contributed by atoms with Crippen LogP contribution in [0.15, 0.2) is 53.7 Å². The molecule has 0 saturated carbocycles. The van der Waals surface area contributed by atoms with Gasteiger partial charge in [-0.2, -0.15) is 0 Å². The summed E-state index contributed by atoms with van der Waals surface area (Å²) in [5.41, 5.74) is 0.423. The molecule has 2 atom stereocenters. The highest BCUT2D eigenvalue weighted by atomic mass is 32.2. The Morgan fingerprint density at radius 3 is 2.50 bits per heavy atom. The first kappa shape index (κ1) is 19.5. The normalized spacial score (nSPS) is 13.4. The number of carboxylic acid groups (broad SMARTS) is 1. The molecule has 0 aliphatic carbocycles. The van der Waals surface area contributed by atoms with E-state index in [4.69, 9.17) is 11.2 Å². The number of carboxylic acids is 1. The van der Waals surface area contributed by atoms with Crippen molar-refractivity contribution in [3.63, 3.8) is 0 Å². The summed E-state index contributed by atoms with van der Waals surface area (Å²) in [6.45, 7) is 0. The van der Waals surface area contributed by atoms with E-state index >= 15 is 0 Å². The largest absolute Gasteiger partial charge is 0.497 e. The number of methoxy groups -OCH3 is 1. The average molecular weight is 373 g/mol. The molecule has 0 aliphatic heterocycles. The second kappa shape index (κ2) is 8.50. The minimum atomic E-state index is -3.85. The van der Waals surface area contributed by atoms with E-state index in [1.165, 1.54) is 31.6 Å². The molecule has 2 aromatic rings. The molecule has 2 unspecified atom stereocenters. The Morgan fingerprint density at radius 1 is 1.31 bits per heavy atom. The van der Waals surface area contributed by atoms with Crippen LogP contribution in [-0.4, -0.2) is 31.6 Å². The van der Waals surface area contributed by atoms with Gasteiger partial charge in [-0.15, -0.1) is 12.3 Å². The van der Waals surface area contributed by atoms with Crippen molar-refractivity contribution in [1.82, 2.24) is 4.98 Å². The van der Waals surface area contributed by atoms with Crippen LogP contribution in [-0.2, 0) is 14.6 Å². The maximum atomic E-state index is 13.2. The molecule has 1 N–H and O–H groups in total. The van der Waals surface area contributed by atoms with Gasteiger partial charge in [-0.25, -0.2) is 8.42 Å². The lowest BCUT2D eigenvalue weighted by molar-refractivity contribution is -0.141. The number of ether oxygens (including phenoxy) is 1. The maximum Gasteiger partial charge on any atom is 0.307 e. The van der Waals surface area contributed by atoms with Crippen LogP contribution in [0.25, 0.3) is 0 Å². The number of rotatable bonds is 8. The fourth-order valence-electron chi connectivity index (χ4n) is 2.61. The number of sulfone groups is 1. The van der Waals surface area contributed by atoms with Gasteiger partial charge in [0.25, 0.3) is 0 Å². The molecular weight excluding hydrogens is 354 g/mol. The van der Waals surface area contributed by atoms with E-state index in [0.717, 1.165) is 0 Å². The van der Waals surface area contributed by atoms with Gasteiger partial charge >= 0.3 is 5.97 Å². The predicted octanol–water partition coefficient (Wildman–Crippen LogP) is 2.72. The van der Waals surface area contributed by atoms with Crippen molar-refractivity contribution in [2.24, 2.45) is 5.92 Å². The van der Waals surface area contributed by atoms with E-state index in [-0.39, 0.29) is 17.7 Å². The van der Waals surface area contributed by atoms with E-state index in [1.807, 2.05) is 0 Å². The van der Waals surface area contributed by atoms with Crippen molar-refractivity contribution >= 4 is 15.8 Å². The molecule has 0 aliphatic rings. The zero-order valence-corrected chi connectivity index (χ0v) is 15.0. The smallest absolute Gasteiger partial charge is 0.307 e. The number of terminal acetylenes is 1. The summed E-state index contributed by atoms with van der Waals surface area (Å²) in [6.07, 6.45) is 8.01. The Morgan fingerprint density at radius 2 is 2.00 bits per heavy atom. The SMILES string of the molecule is C#CCC(CC(c1cccnc1)S(=O)(=O)c1ccc(OC)cc1)C(=O)O. The van der Waals surface area contributed by atoms with Crippen LogP contribution in [0, 0.1) is 18.3 Å². The molecule has 6 nitrogen and oxygen atoms in total. The number of hydrogen-bond donors (Lipinski definition) is 1. The number of aromatic nitrogens is 1. The molecule has 1 aromatic heterocycles. The minimum Gasteiger partial charge on any atom is -0.497 e. The van der Waals surface area contributed by atoms with Crippen LogP contribution >= 0.6 is 0 Å². The summed E-state index contributed by atoms with van der Waals surface area (Å²) >= 11 is 0. The van der Waals surface area contributed by atoms with Gasteiger partial charge in [0.05, 0.1) is 23.2 Å². The lowest BCUT2D eigenvalue weighted by Gasteiger charge is -2.21. The van der Waals surface area contributed by atoms with Crippen molar-refractivity contribution in [2.75, 3.05) is 7.11 Å². The molecule has 0 saturated heterocycles. The first-order valence-corrected chi connectivity index (χ1v) is 9.39. The summed E-state index contributed by atoms with van der Waals surface area (Å²) in [4.78, 5) is 15.5. The highest BCUT2D eigenvalue weighted by Gasteiger charge is 2.33. The third-order valence-corrected chi connectivity index (χ3v) is 6.17. The van der Waals surface area contributed by atoms with E-state index in [2.05, 4.69) is 10.9 Å². The molecule has 1 aromatic carbocycles. The highest BCUT2D eigenvalue weighted by Crippen LogP contribution is 2.35. The van der Waals surface area contributed by atoms with E-state index in [1.54, 1.807) is 24.3 Å². The molecule has 0 amide bonds. The Kier molecular flexibility index (Phi) is 6.36. The number of benzene rings is 1. The third-order valence-electron chi connectivity index (χ3n) is 4.03.